The van der Waals surface area contributed by atoms with Crippen LogP contribution in [0.25, 0.3) is 0 Å². The lowest BCUT2D eigenvalue weighted by Gasteiger charge is -2.06. The number of aryl methyl sites for hydroxylation is 2. The number of nitrogens with two attached hydrogens (primary N) is 1. The highest BCUT2D eigenvalue weighted by atomic mass is 32.1. The standard InChI is InChI=1S/C15H17NO2S/c1-3-12-5-6-13(19-12)9-18-15(17)14-7-4-11(16)8-10(14)2/h4-8H,3,9,16H2,1-2H3. The third kappa shape index (κ3) is 3.35. The molecule has 1 aromatic heterocycles. The molecule has 0 aliphatic heterocycles. The summed E-state index contributed by atoms with van der Waals surface area (Å²) < 4.78 is 5.32. The third-order valence-corrected chi connectivity index (χ3v) is 4.08. The Hall–Kier alpha value is -1.81. The number of ether oxygens (including phenoxy) is 1. The average Bonchev–Trinajstić information content (AvgIpc) is 2.84. The van der Waals surface area contributed by atoms with E-state index in [0.29, 0.717) is 17.9 Å². The van der Waals surface area contributed by atoms with Gasteiger partial charge in [0.25, 0.3) is 0 Å². The van der Waals surface area contributed by atoms with E-state index in [9.17, 15) is 4.79 Å². The zero-order chi connectivity index (χ0) is 13.8. The number of carbonyl (C=O) groups is 1. The van der Waals surface area contributed by atoms with Gasteiger partial charge >= 0.3 is 5.97 Å². The first-order valence-electron chi connectivity index (χ1n) is 6.21. The summed E-state index contributed by atoms with van der Waals surface area (Å²) in [5.41, 5.74) is 7.72. The Balaban J connectivity index is 2.01. The minimum atomic E-state index is -0.302. The Morgan fingerprint density at radius 3 is 2.63 bits per heavy atom. The molecule has 0 aliphatic rings. The molecule has 1 heterocycles. The van der Waals surface area contributed by atoms with Gasteiger partial charge in [0.15, 0.2) is 0 Å². The molecule has 0 atom stereocenters. The van der Waals surface area contributed by atoms with E-state index in [1.807, 2.05) is 13.0 Å². The number of nitrogen functional groups attached to an aromatic ring is 1. The van der Waals surface area contributed by atoms with Crippen molar-refractivity contribution in [1.82, 2.24) is 0 Å². The number of esters is 1. The van der Waals surface area contributed by atoms with Crippen LogP contribution >= 0.6 is 11.3 Å². The second-order valence-electron chi connectivity index (χ2n) is 4.37. The number of anilines is 1. The van der Waals surface area contributed by atoms with Crippen LogP contribution in [0.5, 0.6) is 0 Å². The molecule has 4 heteroatoms. The maximum atomic E-state index is 12.0. The van der Waals surface area contributed by atoms with Crippen LogP contribution < -0.4 is 5.73 Å². The first kappa shape index (κ1) is 13.6. The van der Waals surface area contributed by atoms with Crippen molar-refractivity contribution < 1.29 is 9.53 Å². The fourth-order valence-corrected chi connectivity index (χ4v) is 2.69. The van der Waals surface area contributed by atoms with Gasteiger partial charge in [0, 0.05) is 15.4 Å². The molecule has 0 unspecified atom stereocenters. The summed E-state index contributed by atoms with van der Waals surface area (Å²) in [6, 6.07) is 9.27. The predicted octanol–water partition coefficient (Wildman–Crippen LogP) is 3.56. The topological polar surface area (TPSA) is 52.3 Å². The summed E-state index contributed by atoms with van der Waals surface area (Å²) in [6.07, 6.45) is 1.01. The van der Waals surface area contributed by atoms with Crippen molar-refractivity contribution in [2.24, 2.45) is 0 Å². The molecule has 3 nitrogen and oxygen atoms in total. The molecule has 1 aromatic carbocycles. The molecule has 2 aromatic rings. The quantitative estimate of drug-likeness (QED) is 0.685. The van der Waals surface area contributed by atoms with Crippen LogP contribution in [-0.2, 0) is 17.8 Å². The van der Waals surface area contributed by atoms with Gasteiger partial charge in [0.05, 0.1) is 5.56 Å². The Kier molecular flexibility index (Phi) is 4.22. The van der Waals surface area contributed by atoms with E-state index in [1.165, 1.54) is 4.88 Å². The van der Waals surface area contributed by atoms with Crippen LogP contribution in [0.2, 0.25) is 0 Å². The van der Waals surface area contributed by atoms with E-state index in [1.54, 1.807) is 29.5 Å². The second kappa shape index (κ2) is 5.89. The lowest BCUT2D eigenvalue weighted by molar-refractivity contribution is 0.0476. The summed E-state index contributed by atoms with van der Waals surface area (Å²) in [5, 5.41) is 0. The highest BCUT2D eigenvalue weighted by molar-refractivity contribution is 7.11. The summed E-state index contributed by atoms with van der Waals surface area (Å²) in [7, 11) is 0. The first-order chi connectivity index (χ1) is 9.10. The molecule has 100 valence electrons. The van der Waals surface area contributed by atoms with Gasteiger partial charge in [-0.15, -0.1) is 11.3 Å². The van der Waals surface area contributed by atoms with Crippen molar-refractivity contribution in [1.29, 1.82) is 0 Å². The molecule has 0 aliphatic carbocycles. The Morgan fingerprint density at radius 2 is 2.00 bits per heavy atom. The summed E-state index contributed by atoms with van der Waals surface area (Å²) in [6.45, 7) is 4.29. The summed E-state index contributed by atoms with van der Waals surface area (Å²) >= 11 is 1.68. The van der Waals surface area contributed by atoms with Gasteiger partial charge in [-0.2, -0.15) is 0 Å². The number of hydrogen-bond donors (Lipinski definition) is 1. The fourth-order valence-electron chi connectivity index (χ4n) is 1.82. The lowest BCUT2D eigenvalue weighted by Crippen LogP contribution is -2.07. The van der Waals surface area contributed by atoms with E-state index in [4.69, 9.17) is 10.5 Å². The molecule has 2 rings (SSSR count). The van der Waals surface area contributed by atoms with E-state index in [2.05, 4.69) is 13.0 Å². The van der Waals surface area contributed by atoms with Crippen molar-refractivity contribution in [3.8, 4) is 0 Å². The average molecular weight is 275 g/mol. The normalized spacial score (nSPS) is 10.4. The molecule has 0 saturated heterocycles. The molecule has 0 bridgehead atoms. The van der Waals surface area contributed by atoms with Crippen LogP contribution in [0.15, 0.2) is 30.3 Å². The van der Waals surface area contributed by atoms with Crippen molar-refractivity contribution in [3.05, 3.63) is 51.2 Å². The minimum Gasteiger partial charge on any atom is -0.456 e. The third-order valence-electron chi connectivity index (χ3n) is 2.88. The molecule has 0 amide bonds. The second-order valence-corrected chi connectivity index (χ2v) is 5.62. The minimum absolute atomic E-state index is 0.302. The van der Waals surface area contributed by atoms with Gasteiger partial charge < -0.3 is 10.5 Å². The molecule has 0 spiro atoms. The monoisotopic (exact) mass is 275 g/mol. The van der Waals surface area contributed by atoms with Gasteiger partial charge in [-0.1, -0.05) is 6.92 Å². The van der Waals surface area contributed by atoms with E-state index in [-0.39, 0.29) is 5.97 Å². The molecule has 0 saturated carbocycles. The van der Waals surface area contributed by atoms with Crippen molar-refractivity contribution in [3.63, 3.8) is 0 Å². The predicted molar refractivity (Wildman–Crippen MR) is 78.4 cm³/mol. The maximum Gasteiger partial charge on any atom is 0.338 e. The Morgan fingerprint density at radius 1 is 1.26 bits per heavy atom. The molecule has 0 fully saturated rings. The van der Waals surface area contributed by atoms with E-state index < -0.39 is 0 Å². The highest BCUT2D eigenvalue weighted by Gasteiger charge is 2.11. The van der Waals surface area contributed by atoms with Gasteiger partial charge in [-0.3, -0.25) is 0 Å². The van der Waals surface area contributed by atoms with Crippen molar-refractivity contribution in [2.75, 3.05) is 5.73 Å². The van der Waals surface area contributed by atoms with Gasteiger partial charge in [-0.25, -0.2) is 4.79 Å². The van der Waals surface area contributed by atoms with Crippen molar-refractivity contribution in [2.45, 2.75) is 26.9 Å². The van der Waals surface area contributed by atoms with Gasteiger partial charge in [0.1, 0.15) is 6.61 Å². The number of hydrogen-bond acceptors (Lipinski definition) is 4. The van der Waals surface area contributed by atoms with Gasteiger partial charge in [0.2, 0.25) is 0 Å². The Labute approximate surface area is 117 Å². The smallest absolute Gasteiger partial charge is 0.338 e. The maximum absolute atomic E-state index is 12.0. The van der Waals surface area contributed by atoms with Gasteiger partial charge in [-0.05, 0) is 49.2 Å². The lowest BCUT2D eigenvalue weighted by atomic mass is 10.1. The molecule has 0 radical (unpaired) electrons. The molecule has 2 N–H and O–H groups in total. The van der Waals surface area contributed by atoms with Crippen LogP contribution in [0.3, 0.4) is 0 Å². The first-order valence-corrected chi connectivity index (χ1v) is 7.02. The number of thiophene rings is 1. The van der Waals surface area contributed by atoms with E-state index in [0.717, 1.165) is 16.9 Å². The number of carbonyl (C=O) groups excluding carboxylic acids is 1. The van der Waals surface area contributed by atoms with Crippen LogP contribution in [0.4, 0.5) is 5.69 Å². The fraction of sp³-hybridized carbons (Fsp3) is 0.267. The van der Waals surface area contributed by atoms with Crippen LogP contribution in [-0.4, -0.2) is 5.97 Å². The highest BCUT2D eigenvalue weighted by Crippen LogP contribution is 2.19. The van der Waals surface area contributed by atoms with Crippen LogP contribution in [0, 0.1) is 6.92 Å². The van der Waals surface area contributed by atoms with Crippen LogP contribution in [0.1, 0.15) is 32.6 Å². The summed E-state index contributed by atoms with van der Waals surface area (Å²) in [5.74, 6) is -0.302. The Bertz CT molecular complexity index is 590. The largest absolute Gasteiger partial charge is 0.456 e. The molecular weight excluding hydrogens is 258 g/mol. The SMILES string of the molecule is CCc1ccc(COC(=O)c2ccc(N)cc2C)s1. The zero-order valence-electron chi connectivity index (χ0n) is 11.1. The summed E-state index contributed by atoms with van der Waals surface area (Å²) in [4.78, 5) is 14.3. The molecular formula is C15H17NO2S. The molecule has 19 heavy (non-hydrogen) atoms. The zero-order valence-corrected chi connectivity index (χ0v) is 11.9. The number of benzene rings is 1. The van der Waals surface area contributed by atoms with E-state index >= 15 is 0 Å². The van der Waals surface area contributed by atoms with Crippen molar-refractivity contribution >= 4 is 23.0 Å². The number of rotatable bonds is 4.